The molecule has 5 aromatic rings. The Morgan fingerprint density at radius 2 is 1.68 bits per heavy atom. The zero-order valence-corrected chi connectivity index (χ0v) is 22.0. The maximum absolute atomic E-state index is 11.7. The van der Waals surface area contributed by atoms with Crippen LogP contribution in [0.25, 0.3) is 33.5 Å². The fourth-order valence-electron chi connectivity index (χ4n) is 5.03. The average molecular weight is 493 g/mol. The molecule has 0 fully saturated rings. The summed E-state index contributed by atoms with van der Waals surface area (Å²) in [4.78, 5) is 21.6. The Kier molecular flexibility index (Phi) is 6.42. The van der Waals surface area contributed by atoms with Crippen LogP contribution in [0.4, 0.5) is 0 Å². The van der Waals surface area contributed by atoms with Crippen molar-refractivity contribution < 1.29 is 9.90 Å². The van der Waals surface area contributed by atoms with E-state index in [4.69, 9.17) is 9.97 Å². The SMILES string of the molecule is CCCc1nc2c(C)cc(-c3nc(C)c(C)n3C)cc2n1Cc1ccc(-c2ccccc2C(=O)O)cc1. The Morgan fingerprint density at radius 3 is 2.32 bits per heavy atom. The van der Waals surface area contributed by atoms with Gasteiger partial charge >= 0.3 is 5.97 Å². The summed E-state index contributed by atoms with van der Waals surface area (Å²) < 4.78 is 4.47. The molecule has 0 saturated heterocycles. The second-order valence-corrected chi connectivity index (χ2v) is 9.74. The molecule has 0 amide bonds. The summed E-state index contributed by atoms with van der Waals surface area (Å²) in [6.45, 7) is 9.13. The molecule has 5 rings (SSSR count). The topological polar surface area (TPSA) is 72.9 Å². The number of aromatic nitrogens is 4. The largest absolute Gasteiger partial charge is 0.478 e. The Bertz CT molecular complexity index is 1620. The number of aromatic carboxylic acids is 1. The van der Waals surface area contributed by atoms with Gasteiger partial charge in [-0.1, -0.05) is 49.4 Å². The number of aryl methyl sites for hydroxylation is 3. The van der Waals surface area contributed by atoms with Crippen LogP contribution in [0.3, 0.4) is 0 Å². The van der Waals surface area contributed by atoms with Crippen molar-refractivity contribution in [2.24, 2.45) is 7.05 Å². The van der Waals surface area contributed by atoms with Crippen molar-refractivity contribution >= 4 is 17.0 Å². The molecule has 3 aromatic carbocycles. The van der Waals surface area contributed by atoms with Gasteiger partial charge in [-0.2, -0.15) is 0 Å². The van der Waals surface area contributed by atoms with Crippen molar-refractivity contribution in [3.05, 3.63) is 94.6 Å². The molecule has 188 valence electrons. The first-order valence-electron chi connectivity index (χ1n) is 12.7. The Labute approximate surface area is 217 Å². The second-order valence-electron chi connectivity index (χ2n) is 9.74. The number of rotatable bonds is 7. The number of fused-ring (bicyclic) bond motifs is 1. The molecule has 0 saturated carbocycles. The number of hydrogen-bond donors (Lipinski definition) is 1. The summed E-state index contributed by atoms with van der Waals surface area (Å²) in [5.41, 5.74) is 9.64. The molecular weight excluding hydrogens is 460 g/mol. The van der Waals surface area contributed by atoms with E-state index < -0.39 is 5.97 Å². The van der Waals surface area contributed by atoms with Gasteiger partial charge in [0.15, 0.2) is 0 Å². The van der Waals surface area contributed by atoms with Crippen molar-refractivity contribution in [1.82, 2.24) is 19.1 Å². The first-order chi connectivity index (χ1) is 17.8. The lowest BCUT2D eigenvalue weighted by atomic mass is 9.98. The second kappa shape index (κ2) is 9.69. The lowest BCUT2D eigenvalue weighted by Crippen LogP contribution is -2.05. The van der Waals surface area contributed by atoms with Gasteiger partial charge in [0.05, 0.1) is 22.3 Å². The third kappa shape index (κ3) is 4.44. The summed E-state index contributed by atoms with van der Waals surface area (Å²) in [6, 6.07) is 19.7. The predicted octanol–water partition coefficient (Wildman–Crippen LogP) is 6.73. The quantitative estimate of drug-likeness (QED) is 0.273. The maximum atomic E-state index is 11.7. The molecule has 0 radical (unpaired) electrons. The van der Waals surface area contributed by atoms with Crippen LogP contribution in [0.5, 0.6) is 0 Å². The summed E-state index contributed by atoms with van der Waals surface area (Å²) >= 11 is 0. The highest BCUT2D eigenvalue weighted by molar-refractivity contribution is 5.96. The Morgan fingerprint density at radius 1 is 0.946 bits per heavy atom. The van der Waals surface area contributed by atoms with Gasteiger partial charge in [0, 0.05) is 31.3 Å². The number of carboxylic acids is 1. The van der Waals surface area contributed by atoms with Crippen LogP contribution in [-0.2, 0) is 20.0 Å². The number of nitrogens with zero attached hydrogens (tertiary/aromatic N) is 4. The lowest BCUT2D eigenvalue weighted by molar-refractivity contribution is 0.0697. The molecular formula is C31H32N4O2. The van der Waals surface area contributed by atoms with E-state index >= 15 is 0 Å². The fraction of sp³-hybridized carbons (Fsp3) is 0.258. The molecule has 0 spiro atoms. The van der Waals surface area contributed by atoms with Crippen molar-refractivity contribution in [1.29, 1.82) is 0 Å². The van der Waals surface area contributed by atoms with E-state index in [1.54, 1.807) is 12.1 Å². The molecule has 2 heterocycles. The van der Waals surface area contributed by atoms with Crippen LogP contribution in [0.15, 0.2) is 60.7 Å². The van der Waals surface area contributed by atoms with Gasteiger partial charge in [0.2, 0.25) is 0 Å². The van der Waals surface area contributed by atoms with Gasteiger partial charge in [-0.3, -0.25) is 0 Å². The maximum Gasteiger partial charge on any atom is 0.336 e. The molecule has 0 aliphatic rings. The highest BCUT2D eigenvalue weighted by Crippen LogP contribution is 2.30. The third-order valence-corrected chi connectivity index (χ3v) is 7.24. The van der Waals surface area contributed by atoms with Crippen molar-refractivity contribution in [2.75, 3.05) is 0 Å². The molecule has 37 heavy (non-hydrogen) atoms. The van der Waals surface area contributed by atoms with Crippen LogP contribution in [0.1, 0.15) is 52.0 Å². The van der Waals surface area contributed by atoms with Gasteiger partial charge in [0.25, 0.3) is 0 Å². The number of imidazole rings is 2. The van der Waals surface area contributed by atoms with E-state index in [1.165, 1.54) is 0 Å². The van der Waals surface area contributed by atoms with Gasteiger partial charge in [0.1, 0.15) is 11.6 Å². The molecule has 0 aliphatic heterocycles. The monoisotopic (exact) mass is 492 g/mol. The van der Waals surface area contributed by atoms with E-state index in [1.807, 2.05) is 31.2 Å². The normalized spacial score (nSPS) is 11.4. The molecule has 0 unspecified atom stereocenters. The smallest absolute Gasteiger partial charge is 0.336 e. The predicted molar refractivity (Wildman–Crippen MR) is 148 cm³/mol. The standard InChI is InChI=1S/C31H32N4O2/c1-6-9-28-33-29-19(2)16-24(30-32-20(3)21(4)34(30)5)17-27(29)35(28)18-22-12-14-23(15-13-22)25-10-7-8-11-26(25)31(36)37/h7-8,10-17H,6,9,18H2,1-5H3,(H,36,37). The lowest BCUT2D eigenvalue weighted by Gasteiger charge is -2.12. The van der Waals surface area contributed by atoms with Crippen molar-refractivity contribution in [3.8, 4) is 22.5 Å². The summed E-state index contributed by atoms with van der Waals surface area (Å²) in [5, 5.41) is 9.58. The van der Waals surface area contributed by atoms with E-state index in [0.717, 1.165) is 74.7 Å². The minimum Gasteiger partial charge on any atom is -0.478 e. The van der Waals surface area contributed by atoms with Crippen LogP contribution in [0.2, 0.25) is 0 Å². The first kappa shape index (κ1) is 24.5. The molecule has 0 aliphatic carbocycles. The van der Waals surface area contributed by atoms with Gasteiger partial charge in [-0.15, -0.1) is 0 Å². The van der Waals surface area contributed by atoms with Crippen molar-refractivity contribution in [3.63, 3.8) is 0 Å². The zero-order valence-electron chi connectivity index (χ0n) is 22.0. The number of benzene rings is 3. The highest BCUT2D eigenvalue weighted by atomic mass is 16.4. The van der Waals surface area contributed by atoms with E-state index in [0.29, 0.717) is 12.1 Å². The van der Waals surface area contributed by atoms with Crippen LogP contribution < -0.4 is 0 Å². The molecule has 6 heteroatoms. The van der Waals surface area contributed by atoms with Crippen LogP contribution in [-0.4, -0.2) is 30.2 Å². The van der Waals surface area contributed by atoms with E-state index in [9.17, 15) is 9.90 Å². The zero-order chi connectivity index (χ0) is 26.3. The van der Waals surface area contributed by atoms with Crippen LogP contribution in [0, 0.1) is 20.8 Å². The van der Waals surface area contributed by atoms with E-state index in [-0.39, 0.29) is 0 Å². The Hall–Kier alpha value is -4.19. The summed E-state index contributed by atoms with van der Waals surface area (Å²) in [6.07, 6.45) is 1.91. The summed E-state index contributed by atoms with van der Waals surface area (Å²) in [7, 11) is 2.06. The third-order valence-electron chi connectivity index (χ3n) is 7.24. The minimum absolute atomic E-state index is 0.309. The molecule has 2 aromatic heterocycles. The first-order valence-corrected chi connectivity index (χ1v) is 12.7. The number of hydrogen-bond acceptors (Lipinski definition) is 3. The van der Waals surface area contributed by atoms with E-state index in [2.05, 4.69) is 61.2 Å². The fourth-order valence-corrected chi connectivity index (χ4v) is 5.03. The molecule has 0 bridgehead atoms. The average Bonchev–Trinajstić information content (AvgIpc) is 3.36. The van der Waals surface area contributed by atoms with Crippen LogP contribution >= 0.6 is 0 Å². The van der Waals surface area contributed by atoms with Gasteiger partial charge < -0.3 is 14.2 Å². The number of carboxylic acid groups (broad SMARTS) is 1. The molecule has 1 N–H and O–H groups in total. The highest BCUT2D eigenvalue weighted by Gasteiger charge is 2.17. The van der Waals surface area contributed by atoms with Crippen molar-refractivity contribution in [2.45, 2.75) is 47.1 Å². The van der Waals surface area contributed by atoms with Gasteiger partial charge in [-0.25, -0.2) is 14.8 Å². The summed E-state index contributed by atoms with van der Waals surface area (Å²) in [5.74, 6) is 1.12. The molecule has 0 atom stereocenters. The number of carbonyl (C=O) groups is 1. The van der Waals surface area contributed by atoms with Gasteiger partial charge in [-0.05, 0) is 67.6 Å². The Balaban J connectivity index is 1.57. The molecule has 6 nitrogen and oxygen atoms in total. The minimum atomic E-state index is -0.918.